The van der Waals surface area contributed by atoms with Gasteiger partial charge in [-0.25, -0.2) is 14.6 Å². The Hall–Kier alpha value is -2.39. The number of nitrogens with one attached hydrogen (secondary N) is 2. The number of imidazole rings is 1. The van der Waals surface area contributed by atoms with Crippen LogP contribution in [-0.2, 0) is 23.4 Å². The summed E-state index contributed by atoms with van der Waals surface area (Å²) < 4.78 is 30.2. The van der Waals surface area contributed by atoms with Crippen LogP contribution >= 0.6 is 7.75 Å². The average Bonchev–Trinajstić information content (AvgIpc) is 3.49. The molecule has 38 heavy (non-hydrogen) atoms. The molecular weight excluding hydrogens is 521 g/mol. The third-order valence-corrected chi connectivity index (χ3v) is 7.51. The molecule has 1 saturated heterocycles. The fourth-order valence-corrected chi connectivity index (χ4v) is 5.36. The van der Waals surface area contributed by atoms with E-state index >= 15 is 0 Å². The summed E-state index contributed by atoms with van der Waals surface area (Å²) in [5.41, 5.74) is 4.74. The number of nitrogens with two attached hydrogens (primary N) is 1. The molecule has 1 aliphatic carbocycles. The van der Waals surface area contributed by atoms with E-state index in [0.29, 0.717) is 11.3 Å². The van der Waals surface area contributed by atoms with E-state index in [0.717, 1.165) is 12.8 Å². The summed E-state index contributed by atoms with van der Waals surface area (Å²) in [5, 5.41) is 27.5. The molecule has 4 rings (SSSR count). The summed E-state index contributed by atoms with van der Waals surface area (Å²) >= 11 is 0. The molecule has 2 fully saturated rings. The van der Waals surface area contributed by atoms with E-state index in [2.05, 4.69) is 25.4 Å². The largest absolute Gasteiger partial charge is 0.465 e. The van der Waals surface area contributed by atoms with E-state index in [9.17, 15) is 24.5 Å². The molecule has 0 aromatic carbocycles. The van der Waals surface area contributed by atoms with Gasteiger partial charge < -0.3 is 35.6 Å². The van der Waals surface area contributed by atoms with Crippen molar-refractivity contribution in [3.63, 3.8) is 0 Å². The maximum Gasteiger partial charge on any atom is 0.403 e. The Bertz CT molecular complexity index is 1200. The number of ether oxygens (including phenoxy) is 2. The van der Waals surface area contributed by atoms with E-state index in [1.807, 2.05) is 13.8 Å². The predicted molar refractivity (Wildman–Crippen MR) is 136 cm³/mol. The Balaban J connectivity index is 1.49. The number of rotatable bonds is 12. The van der Waals surface area contributed by atoms with Crippen LogP contribution < -0.4 is 16.1 Å². The van der Waals surface area contributed by atoms with Crippen LogP contribution in [0.3, 0.4) is 0 Å². The monoisotopic (exact) mass is 557 g/mol. The molecule has 15 nitrogen and oxygen atoms in total. The van der Waals surface area contributed by atoms with E-state index in [1.54, 1.807) is 6.92 Å². The number of fused-ring (bicyclic) bond motifs is 1. The molecule has 0 radical (unpaired) electrons. The number of aromatic nitrogens is 4. The van der Waals surface area contributed by atoms with Crippen molar-refractivity contribution in [2.24, 2.45) is 5.92 Å². The summed E-state index contributed by atoms with van der Waals surface area (Å²) in [6.45, 7) is 6.25. The van der Waals surface area contributed by atoms with Crippen molar-refractivity contribution in [1.29, 1.82) is 0 Å². The van der Waals surface area contributed by atoms with Crippen molar-refractivity contribution in [1.82, 2.24) is 24.6 Å². The lowest BCUT2D eigenvalue weighted by atomic mass is 9.96. The Morgan fingerprint density at radius 3 is 2.74 bits per heavy atom. The number of hydrogen-bond donors (Lipinski definition) is 6. The molecule has 0 bridgehead atoms. The quantitative estimate of drug-likeness (QED) is 0.156. The number of carbonyl (C=O) groups is 1. The second kappa shape index (κ2) is 11.0. The highest BCUT2D eigenvalue weighted by molar-refractivity contribution is 7.50. The average molecular weight is 558 g/mol. The van der Waals surface area contributed by atoms with Gasteiger partial charge in [0.05, 0.1) is 19.5 Å². The van der Waals surface area contributed by atoms with Gasteiger partial charge in [0.1, 0.15) is 23.9 Å². The summed E-state index contributed by atoms with van der Waals surface area (Å²) in [4.78, 5) is 35.4. The number of nitrogens with zero attached hydrogens (tertiary/aromatic N) is 4. The molecule has 1 aliphatic heterocycles. The lowest BCUT2D eigenvalue weighted by Gasteiger charge is -2.27. The summed E-state index contributed by atoms with van der Waals surface area (Å²) in [6.07, 6.45) is -0.264. The van der Waals surface area contributed by atoms with Crippen molar-refractivity contribution in [2.75, 3.05) is 24.3 Å². The van der Waals surface area contributed by atoms with Crippen LogP contribution in [0.5, 0.6) is 0 Å². The van der Waals surface area contributed by atoms with Gasteiger partial charge in [0, 0.05) is 6.04 Å². The molecular formula is C22H36N7O8P. The van der Waals surface area contributed by atoms with Gasteiger partial charge in [-0.1, -0.05) is 13.8 Å². The molecule has 2 aromatic rings. The normalized spacial score (nSPS) is 27.9. The maximum absolute atomic E-state index is 12.8. The summed E-state index contributed by atoms with van der Waals surface area (Å²) in [5.74, 6) is -0.208. The topological polar surface area (TPSA) is 216 Å². The Labute approximate surface area is 219 Å². The molecule has 16 heteroatoms. The van der Waals surface area contributed by atoms with Crippen molar-refractivity contribution in [2.45, 2.75) is 83.1 Å². The molecule has 212 valence electrons. The third kappa shape index (κ3) is 6.25. The third-order valence-electron chi connectivity index (χ3n) is 6.38. The molecule has 2 aromatic heterocycles. The number of nitrogen functional groups attached to an aromatic ring is 1. The SMILES string of the molecule is CCOC(=O)[C@H](CC(C)C)NP(=O)(O)OC[C@H]1O[C@@H](n2cnc3c(NC4CC4)nc(N)nc32)C(C)(O)C1O. The van der Waals surface area contributed by atoms with Crippen LogP contribution in [0, 0.1) is 5.92 Å². The highest BCUT2D eigenvalue weighted by atomic mass is 31.2. The number of hydrogen-bond acceptors (Lipinski definition) is 12. The molecule has 1 saturated carbocycles. The van der Waals surface area contributed by atoms with Gasteiger partial charge >= 0.3 is 13.7 Å². The van der Waals surface area contributed by atoms with Gasteiger partial charge in [0.25, 0.3) is 0 Å². The van der Waals surface area contributed by atoms with Crippen LogP contribution in [0.2, 0.25) is 0 Å². The molecule has 2 aliphatic rings. The highest BCUT2D eigenvalue weighted by Crippen LogP contribution is 2.44. The first kappa shape index (κ1) is 28.6. The van der Waals surface area contributed by atoms with E-state index in [1.165, 1.54) is 17.8 Å². The predicted octanol–water partition coefficient (Wildman–Crippen LogP) is 0.677. The summed E-state index contributed by atoms with van der Waals surface area (Å²) in [6, 6.07) is -0.796. The standard InChI is InChI=1S/C22H36N7O8P/c1-5-35-19(31)13(8-11(2)3)28-38(33,34)36-9-14-16(30)22(4,32)20(37-14)29-10-24-15-17(25-12-6-7-12)26-21(23)27-18(15)29/h10-14,16,20,30,32H,5-9H2,1-4H3,(H2,28,33,34)(H3,23,25,26,27)/t13-,14+,16?,20+,22?/m0/s1. The lowest BCUT2D eigenvalue weighted by Crippen LogP contribution is -2.44. The fraction of sp³-hybridized carbons (Fsp3) is 0.727. The first-order chi connectivity index (χ1) is 17.8. The van der Waals surface area contributed by atoms with Gasteiger partial charge in [0.2, 0.25) is 5.95 Å². The first-order valence-corrected chi connectivity index (χ1v) is 14.1. The van der Waals surface area contributed by atoms with Gasteiger partial charge in [-0.3, -0.25) is 13.9 Å². The second-order valence-electron chi connectivity index (χ2n) is 10.3. The van der Waals surface area contributed by atoms with Gasteiger partial charge in [-0.05, 0) is 39.0 Å². The zero-order chi connectivity index (χ0) is 27.8. The van der Waals surface area contributed by atoms with Gasteiger partial charge in [-0.2, -0.15) is 9.97 Å². The first-order valence-electron chi connectivity index (χ1n) is 12.6. The molecule has 0 amide bonds. The van der Waals surface area contributed by atoms with E-state index in [4.69, 9.17) is 19.7 Å². The Kier molecular flexibility index (Phi) is 8.28. The molecule has 3 heterocycles. The van der Waals surface area contributed by atoms with Crippen molar-refractivity contribution in [3.05, 3.63) is 6.33 Å². The van der Waals surface area contributed by atoms with Crippen LogP contribution in [-0.4, -0.2) is 83.7 Å². The Morgan fingerprint density at radius 1 is 1.39 bits per heavy atom. The maximum atomic E-state index is 12.8. The zero-order valence-electron chi connectivity index (χ0n) is 21.8. The van der Waals surface area contributed by atoms with Gasteiger partial charge in [0.15, 0.2) is 23.2 Å². The van der Waals surface area contributed by atoms with Gasteiger partial charge in [-0.15, -0.1) is 0 Å². The smallest absolute Gasteiger partial charge is 0.403 e. The fourth-order valence-electron chi connectivity index (χ4n) is 4.33. The van der Waals surface area contributed by atoms with Crippen LogP contribution in [0.15, 0.2) is 6.33 Å². The van der Waals surface area contributed by atoms with E-state index in [-0.39, 0.29) is 36.6 Å². The molecule has 3 unspecified atom stereocenters. The van der Waals surface area contributed by atoms with E-state index < -0.39 is 50.4 Å². The van der Waals surface area contributed by atoms with Crippen LogP contribution in [0.25, 0.3) is 11.2 Å². The molecule has 0 spiro atoms. The number of aliphatic hydroxyl groups excluding tert-OH is 1. The molecule has 7 N–H and O–H groups in total. The number of esters is 1. The zero-order valence-corrected chi connectivity index (χ0v) is 22.7. The number of aliphatic hydroxyl groups is 2. The summed E-state index contributed by atoms with van der Waals surface area (Å²) in [7, 11) is -4.53. The minimum atomic E-state index is -4.53. The van der Waals surface area contributed by atoms with Crippen LogP contribution in [0.4, 0.5) is 11.8 Å². The second-order valence-corrected chi connectivity index (χ2v) is 11.8. The highest BCUT2D eigenvalue weighted by Gasteiger charge is 2.54. The lowest BCUT2D eigenvalue weighted by molar-refractivity contribution is -0.145. The van der Waals surface area contributed by atoms with Crippen molar-refractivity contribution < 1.29 is 38.5 Å². The number of anilines is 2. The Morgan fingerprint density at radius 2 is 2.11 bits per heavy atom. The molecule has 6 atom stereocenters. The number of carbonyl (C=O) groups excluding carboxylic acids is 1. The minimum absolute atomic E-state index is 0.00897. The van der Waals surface area contributed by atoms with Crippen molar-refractivity contribution in [3.8, 4) is 0 Å². The minimum Gasteiger partial charge on any atom is -0.465 e. The van der Waals surface area contributed by atoms with Crippen LogP contribution in [0.1, 0.15) is 53.2 Å². The van der Waals surface area contributed by atoms with Crippen molar-refractivity contribution >= 4 is 36.6 Å².